The molecule has 0 N–H and O–H groups in total. The minimum absolute atomic E-state index is 0.161. The van der Waals surface area contributed by atoms with Gasteiger partial charge in [0.15, 0.2) is 0 Å². The Kier molecular flexibility index (Phi) is 3.57. The van der Waals surface area contributed by atoms with Crippen molar-refractivity contribution in [2.24, 2.45) is 5.41 Å². The second kappa shape index (κ2) is 5.26. The molecule has 0 atom stereocenters. The van der Waals surface area contributed by atoms with E-state index in [1.54, 1.807) is 0 Å². The average molecular weight is 290 g/mol. The molecule has 21 heavy (non-hydrogen) atoms. The van der Waals surface area contributed by atoms with Crippen molar-refractivity contribution in [3.05, 3.63) is 17.5 Å². The molecular formula is C15H22N4O2. The number of carbonyl (C=O) groups is 1. The van der Waals surface area contributed by atoms with Gasteiger partial charge in [0.05, 0.1) is 25.5 Å². The van der Waals surface area contributed by atoms with Crippen LogP contribution in [0.25, 0.3) is 0 Å². The number of rotatable bonds is 1. The number of hydrogen-bond donors (Lipinski definition) is 0. The zero-order valence-corrected chi connectivity index (χ0v) is 12.9. The first-order valence-electron chi connectivity index (χ1n) is 7.42. The molecule has 2 aliphatic rings. The quantitative estimate of drug-likeness (QED) is 0.778. The van der Waals surface area contributed by atoms with Crippen LogP contribution < -0.4 is 4.90 Å². The minimum atomic E-state index is -0.359. The first-order valence-corrected chi connectivity index (χ1v) is 7.42. The highest BCUT2D eigenvalue weighted by Gasteiger charge is 2.32. The molecule has 1 saturated heterocycles. The van der Waals surface area contributed by atoms with Crippen molar-refractivity contribution < 1.29 is 9.53 Å². The second-order valence-corrected chi connectivity index (χ2v) is 6.65. The van der Waals surface area contributed by atoms with Crippen molar-refractivity contribution in [1.29, 1.82) is 0 Å². The highest BCUT2D eigenvalue weighted by molar-refractivity contribution is 5.82. The number of hydrogen-bond acceptors (Lipinski definition) is 5. The van der Waals surface area contributed by atoms with Crippen LogP contribution in [0.1, 0.15) is 32.0 Å². The van der Waals surface area contributed by atoms with Crippen molar-refractivity contribution in [3.8, 4) is 0 Å². The Morgan fingerprint density at radius 2 is 1.95 bits per heavy atom. The van der Waals surface area contributed by atoms with E-state index in [1.807, 2.05) is 31.9 Å². The van der Waals surface area contributed by atoms with E-state index in [0.717, 1.165) is 43.5 Å². The van der Waals surface area contributed by atoms with E-state index in [9.17, 15) is 4.79 Å². The molecule has 6 heteroatoms. The highest BCUT2D eigenvalue weighted by Crippen LogP contribution is 2.27. The number of carbonyl (C=O) groups excluding carboxylic acids is 1. The van der Waals surface area contributed by atoms with Gasteiger partial charge < -0.3 is 14.5 Å². The summed E-state index contributed by atoms with van der Waals surface area (Å²) in [5.41, 5.74) is 1.68. The molecule has 6 nitrogen and oxygen atoms in total. The Bertz CT molecular complexity index is 547. The summed E-state index contributed by atoms with van der Waals surface area (Å²) in [5.74, 6) is 0.913. The third kappa shape index (κ3) is 2.85. The lowest BCUT2D eigenvalue weighted by Crippen LogP contribution is -2.37. The van der Waals surface area contributed by atoms with Gasteiger partial charge in [0.1, 0.15) is 0 Å². The lowest BCUT2D eigenvalue weighted by molar-refractivity contribution is -0.140. The van der Waals surface area contributed by atoms with Crippen LogP contribution >= 0.6 is 0 Å². The number of morpholine rings is 1. The molecule has 0 spiro atoms. The van der Waals surface area contributed by atoms with Crippen LogP contribution in [0.3, 0.4) is 0 Å². The van der Waals surface area contributed by atoms with Crippen LogP contribution in [0.4, 0.5) is 5.95 Å². The maximum Gasteiger partial charge on any atom is 0.228 e. The normalized spacial score (nSPS) is 18.8. The van der Waals surface area contributed by atoms with Gasteiger partial charge in [-0.1, -0.05) is 20.8 Å². The van der Waals surface area contributed by atoms with E-state index < -0.39 is 0 Å². The van der Waals surface area contributed by atoms with Crippen molar-refractivity contribution in [2.45, 2.75) is 33.9 Å². The van der Waals surface area contributed by atoms with Gasteiger partial charge >= 0.3 is 0 Å². The molecule has 2 aliphatic heterocycles. The molecule has 3 rings (SSSR count). The van der Waals surface area contributed by atoms with E-state index in [1.165, 1.54) is 0 Å². The number of aromatic nitrogens is 2. The first kappa shape index (κ1) is 14.3. The summed E-state index contributed by atoms with van der Waals surface area (Å²) in [4.78, 5) is 25.5. The SMILES string of the molecule is CC(C)(C)C(=O)N1Cc2cnc(N3CCOCC3)nc2C1. The van der Waals surface area contributed by atoms with E-state index in [2.05, 4.69) is 14.9 Å². The fourth-order valence-electron chi connectivity index (χ4n) is 2.68. The minimum Gasteiger partial charge on any atom is -0.378 e. The lowest BCUT2D eigenvalue weighted by atomic mass is 9.95. The molecule has 1 fully saturated rings. The lowest BCUT2D eigenvalue weighted by Gasteiger charge is -2.26. The molecular weight excluding hydrogens is 268 g/mol. The van der Waals surface area contributed by atoms with E-state index in [-0.39, 0.29) is 11.3 Å². The fourth-order valence-corrected chi connectivity index (χ4v) is 2.68. The number of fused-ring (bicyclic) bond motifs is 1. The van der Waals surface area contributed by atoms with Crippen molar-refractivity contribution in [1.82, 2.24) is 14.9 Å². The summed E-state index contributed by atoms with van der Waals surface area (Å²) in [6.45, 7) is 10.1. The third-order valence-corrected chi connectivity index (χ3v) is 3.87. The van der Waals surface area contributed by atoms with E-state index in [4.69, 9.17) is 4.74 Å². The van der Waals surface area contributed by atoms with Gasteiger partial charge in [-0.2, -0.15) is 0 Å². The van der Waals surface area contributed by atoms with Crippen LogP contribution in [0.2, 0.25) is 0 Å². The van der Waals surface area contributed by atoms with Gasteiger partial charge in [0.2, 0.25) is 11.9 Å². The summed E-state index contributed by atoms with van der Waals surface area (Å²) < 4.78 is 5.35. The zero-order chi connectivity index (χ0) is 15.0. The summed E-state index contributed by atoms with van der Waals surface area (Å²) in [6, 6.07) is 0. The van der Waals surface area contributed by atoms with E-state index >= 15 is 0 Å². The Balaban J connectivity index is 1.76. The largest absolute Gasteiger partial charge is 0.378 e. The summed E-state index contributed by atoms with van der Waals surface area (Å²) in [5, 5.41) is 0. The molecule has 0 saturated carbocycles. The molecule has 3 heterocycles. The van der Waals surface area contributed by atoms with Gasteiger partial charge in [-0.3, -0.25) is 4.79 Å². The number of nitrogens with zero attached hydrogens (tertiary/aromatic N) is 4. The predicted octanol–water partition coefficient (Wildman–Crippen LogP) is 1.20. The summed E-state index contributed by atoms with van der Waals surface area (Å²) >= 11 is 0. The third-order valence-electron chi connectivity index (χ3n) is 3.87. The Morgan fingerprint density at radius 1 is 1.24 bits per heavy atom. The Morgan fingerprint density at radius 3 is 2.62 bits per heavy atom. The van der Waals surface area contributed by atoms with Gasteiger partial charge in [0.25, 0.3) is 0 Å². The first-order chi connectivity index (χ1) is 9.95. The van der Waals surface area contributed by atoms with Gasteiger partial charge in [-0.25, -0.2) is 9.97 Å². The fraction of sp³-hybridized carbons (Fsp3) is 0.667. The molecule has 1 aromatic heterocycles. The molecule has 0 radical (unpaired) electrons. The molecule has 1 amide bonds. The number of ether oxygens (including phenoxy) is 1. The average Bonchev–Trinajstić information content (AvgIpc) is 2.89. The topological polar surface area (TPSA) is 58.6 Å². The van der Waals surface area contributed by atoms with Crippen molar-refractivity contribution in [2.75, 3.05) is 31.2 Å². The molecule has 0 aliphatic carbocycles. The Hall–Kier alpha value is -1.69. The van der Waals surface area contributed by atoms with Crippen LogP contribution in [-0.2, 0) is 22.6 Å². The maximum absolute atomic E-state index is 12.4. The number of amides is 1. The molecule has 1 aromatic rings. The monoisotopic (exact) mass is 290 g/mol. The molecule has 0 bridgehead atoms. The van der Waals surface area contributed by atoms with Crippen molar-refractivity contribution in [3.63, 3.8) is 0 Å². The van der Waals surface area contributed by atoms with Crippen LogP contribution in [0, 0.1) is 5.41 Å². The van der Waals surface area contributed by atoms with Crippen LogP contribution in [-0.4, -0.2) is 47.1 Å². The summed E-state index contributed by atoms with van der Waals surface area (Å²) in [7, 11) is 0. The van der Waals surface area contributed by atoms with Gasteiger partial charge in [0, 0.05) is 36.8 Å². The summed E-state index contributed by atoms with van der Waals surface area (Å²) in [6.07, 6.45) is 1.86. The smallest absolute Gasteiger partial charge is 0.228 e. The Labute approximate surface area is 125 Å². The highest BCUT2D eigenvalue weighted by atomic mass is 16.5. The predicted molar refractivity (Wildman–Crippen MR) is 78.8 cm³/mol. The molecule has 0 unspecified atom stereocenters. The molecule has 0 aromatic carbocycles. The van der Waals surface area contributed by atoms with Crippen molar-refractivity contribution >= 4 is 11.9 Å². The second-order valence-electron chi connectivity index (χ2n) is 6.65. The van der Waals surface area contributed by atoms with Crippen LogP contribution in [0.5, 0.6) is 0 Å². The van der Waals surface area contributed by atoms with Crippen LogP contribution in [0.15, 0.2) is 6.20 Å². The molecule has 114 valence electrons. The maximum atomic E-state index is 12.4. The standard InChI is InChI=1S/C15H22N4O2/c1-15(2,3)13(20)19-9-11-8-16-14(17-12(11)10-19)18-4-6-21-7-5-18/h8H,4-7,9-10H2,1-3H3. The van der Waals surface area contributed by atoms with E-state index in [0.29, 0.717) is 13.1 Å². The zero-order valence-electron chi connectivity index (χ0n) is 12.9. The number of anilines is 1. The van der Waals surface area contributed by atoms with Gasteiger partial charge in [-0.05, 0) is 0 Å². The van der Waals surface area contributed by atoms with Gasteiger partial charge in [-0.15, -0.1) is 0 Å².